The number of nitrogens with one attached hydrogen (secondary N) is 2. The zero-order valence-electron chi connectivity index (χ0n) is 19.7. The molecule has 0 unspecified atom stereocenters. The molecule has 35 heavy (non-hydrogen) atoms. The largest absolute Gasteiger partial charge is 0.460 e. The highest BCUT2D eigenvalue weighted by atomic mass is 32.1. The molecule has 0 radical (unpaired) electrons. The zero-order chi connectivity index (χ0) is 23.5. The third-order valence-electron chi connectivity index (χ3n) is 7.01. The number of rotatable bonds is 7. The van der Waals surface area contributed by atoms with Crippen molar-refractivity contribution >= 4 is 22.4 Å². The number of ether oxygens (including phenoxy) is 2. The summed E-state index contributed by atoms with van der Waals surface area (Å²) >= 11 is 1.50. The summed E-state index contributed by atoms with van der Waals surface area (Å²) in [5.74, 6) is 0.536. The summed E-state index contributed by atoms with van der Waals surface area (Å²) in [4.78, 5) is 25.7. The summed E-state index contributed by atoms with van der Waals surface area (Å²) in [6, 6.07) is 2.31. The predicted octanol–water partition coefficient (Wildman–Crippen LogP) is 2.88. The molecule has 10 nitrogen and oxygen atoms in total. The second-order valence-corrected chi connectivity index (χ2v) is 10.7. The molecule has 3 aliphatic rings. The van der Waals surface area contributed by atoms with E-state index < -0.39 is 0 Å². The molecule has 3 fully saturated rings. The molecule has 2 saturated heterocycles. The second-order valence-electron chi connectivity index (χ2n) is 9.63. The van der Waals surface area contributed by atoms with E-state index in [4.69, 9.17) is 9.47 Å². The van der Waals surface area contributed by atoms with E-state index in [1.165, 1.54) is 11.3 Å². The van der Waals surface area contributed by atoms with Gasteiger partial charge >= 0.3 is 6.01 Å². The fraction of sp³-hybridized carbons (Fsp3) is 0.542. The van der Waals surface area contributed by atoms with E-state index >= 15 is 0 Å². The average molecular weight is 495 g/mol. The van der Waals surface area contributed by atoms with Crippen LogP contribution in [-0.2, 0) is 11.3 Å². The van der Waals surface area contributed by atoms with E-state index in [1.54, 1.807) is 12.4 Å². The van der Waals surface area contributed by atoms with Gasteiger partial charge < -0.3 is 20.1 Å². The first kappa shape index (κ1) is 22.7. The molecule has 0 amide bonds. The topological polar surface area (TPSA) is 110 Å². The number of piperazine rings is 1. The molecule has 1 saturated carbocycles. The monoisotopic (exact) mass is 494 g/mol. The van der Waals surface area contributed by atoms with E-state index in [2.05, 4.69) is 40.5 Å². The van der Waals surface area contributed by atoms with Crippen molar-refractivity contribution in [3.63, 3.8) is 0 Å². The summed E-state index contributed by atoms with van der Waals surface area (Å²) in [5.41, 5.74) is 2.32. The Morgan fingerprint density at radius 2 is 1.89 bits per heavy atom. The Bertz CT molecular complexity index is 1120. The van der Waals surface area contributed by atoms with E-state index in [1.807, 2.05) is 18.5 Å². The minimum Gasteiger partial charge on any atom is -0.460 e. The quantitative estimate of drug-likeness (QED) is 0.509. The van der Waals surface area contributed by atoms with Crippen molar-refractivity contribution in [3.8, 4) is 16.6 Å². The van der Waals surface area contributed by atoms with Gasteiger partial charge in [0.15, 0.2) is 5.13 Å². The number of hydrogen-bond donors (Lipinski definition) is 2. The van der Waals surface area contributed by atoms with E-state index in [0.29, 0.717) is 17.4 Å². The first-order valence-corrected chi connectivity index (χ1v) is 13.1. The van der Waals surface area contributed by atoms with Crippen LogP contribution in [0.15, 0.2) is 30.9 Å². The Hall–Kier alpha value is -2.73. The highest BCUT2D eigenvalue weighted by Crippen LogP contribution is 2.43. The summed E-state index contributed by atoms with van der Waals surface area (Å²) in [5, 5.41) is 7.29. The molecule has 3 aromatic rings. The lowest BCUT2D eigenvalue weighted by Crippen LogP contribution is -2.46. The molecule has 1 spiro atoms. The third-order valence-corrected chi connectivity index (χ3v) is 7.95. The molecule has 0 atom stereocenters. The lowest BCUT2D eigenvalue weighted by atomic mass is 9.72. The first-order valence-electron chi connectivity index (χ1n) is 12.3. The molecule has 6 rings (SSSR count). The Morgan fingerprint density at radius 3 is 2.63 bits per heavy atom. The summed E-state index contributed by atoms with van der Waals surface area (Å²) < 4.78 is 11.5. The van der Waals surface area contributed by atoms with Crippen LogP contribution in [0.3, 0.4) is 0 Å². The SMILES string of the molecule is c1cc(-c2cnc(Nc3ncc(CN4CCNCC4)cn3)s2)nc(OC2CCC3(CC2)COC3)n1. The summed E-state index contributed by atoms with van der Waals surface area (Å²) in [6.07, 6.45) is 11.8. The van der Waals surface area contributed by atoms with Gasteiger partial charge in [0.05, 0.1) is 23.8 Å². The van der Waals surface area contributed by atoms with Crippen molar-refractivity contribution in [3.05, 3.63) is 36.4 Å². The number of aromatic nitrogens is 5. The fourth-order valence-corrected chi connectivity index (χ4v) is 5.64. The van der Waals surface area contributed by atoms with Crippen LogP contribution in [0.1, 0.15) is 31.2 Å². The van der Waals surface area contributed by atoms with Gasteiger partial charge in [0.1, 0.15) is 6.10 Å². The van der Waals surface area contributed by atoms with Gasteiger partial charge in [-0.05, 0) is 31.7 Å². The zero-order valence-corrected chi connectivity index (χ0v) is 20.5. The normalized spacial score (nSPS) is 20.5. The van der Waals surface area contributed by atoms with E-state index in [-0.39, 0.29) is 6.10 Å². The number of anilines is 2. The number of nitrogens with zero attached hydrogens (tertiary/aromatic N) is 6. The highest BCUT2D eigenvalue weighted by molar-refractivity contribution is 7.18. The van der Waals surface area contributed by atoms with Crippen molar-refractivity contribution < 1.29 is 9.47 Å². The van der Waals surface area contributed by atoms with Crippen LogP contribution in [0, 0.1) is 5.41 Å². The Morgan fingerprint density at radius 1 is 1.09 bits per heavy atom. The average Bonchev–Trinajstić information content (AvgIpc) is 3.34. The van der Waals surface area contributed by atoms with Gasteiger partial charge in [-0.2, -0.15) is 4.98 Å². The van der Waals surface area contributed by atoms with E-state index in [0.717, 1.165) is 92.9 Å². The number of hydrogen-bond acceptors (Lipinski definition) is 11. The van der Waals surface area contributed by atoms with Crippen LogP contribution < -0.4 is 15.4 Å². The first-order chi connectivity index (χ1) is 17.2. The van der Waals surface area contributed by atoms with Crippen LogP contribution in [0.2, 0.25) is 0 Å². The van der Waals surface area contributed by atoms with Crippen LogP contribution >= 0.6 is 11.3 Å². The van der Waals surface area contributed by atoms with Crippen LogP contribution in [0.25, 0.3) is 10.6 Å². The van der Waals surface area contributed by atoms with Crippen molar-refractivity contribution in [2.24, 2.45) is 5.41 Å². The molecule has 2 aliphatic heterocycles. The molecule has 0 bridgehead atoms. The number of thiazole rings is 1. The maximum atomic E-state index is 6.13. The van der Waals surface area contributed by atoms with E-state index in [9.17, 15) is 0 Å². The van der Waals surface area contributed by atoms with Crippen LogP contribution in [0.5, 0.6) is 6.01 Å². The van der Waals surface area contributed by atoms with Crippen molar-refractivity contribution in [1.29, 1.82) is 0 Å². The van der Waals surface area contributed by atoms with Gasteiger partial charge in [0, 0.05) is 68.5 Å². The van der Waals surface area contributed by atoms with Crippen molar-refractivity contribution in [2.45, 2.75) is 38.3 Å². The Labute approximate surface area is 208 Å². The molecule has 0 aromatic carbocycles. The van der Waals surface area contributed by atoms with Crippen LogP contribution in [-0.4, -0.2) is 75.3 Å². The van der Waals surface area contributed by atoms with Gasteiger partial charge in [0.25, 0.3) is 0 Å². The van der Waals surface area contributed by atoms with Crippen molar-refractivity contribution in [1.82, 2.24) is 35.1 Å². The lowest BCUT2D eigenvalue weighted by molar-refractivity contribution is -0.140. The minimum absolute atomic E-state index is 0.168. The lowest BCUT2D eigenvalue weighted by Gasteiger charge is -2.45. The summed E-state index contributed by atoms with van der Waals surface area (Å²) in [6.45, 7) is 6.84. The fourth-order valence-electron chi connectivity index (χ4n) is 4.86. The smallest absolute Gasteiger partial charge is 0.317 e. The molecular formula is C24H30N8O2S. The highest BCUT2D eigenvalue weighted by Gasteiger charge is 2.42. The standard InChI is InChI=1S/C24H30N8O2S/c1-4-24(15-33-16-24)5-2-18(1)34-22-26-6-3-19(30-22)20-13-29-23(35-20)31-21-27-11-17(12-28-21)14-32-9-7-25-8-10-32/h3,6,11-13,18,25H,1-2,4-5,7-10,14-16H2,(H,27,28,29,31). The molecule has 5 heterocycles. The molecule has 3 aromatic heterocycles. The van der Waals surface area contributed by atoms with Crippen molar-refractivity contribution in [2.75, 3.05) is 44.7 Å². The molecular weight excluding hydrogens is 464 g/mol. The van der Waals surface area contributed by atoms with Gasteiger partial charge in [-0.3, -0.25) is 4.90 Å². The van der Waals surface area contributed by atoms with Gasteiger partial charge in [-0.1, -0.05) is 11.3 Å². The molecule has 11 heteroatoms. The molecule has 184 valence electrons. The van der Waals surface area contributed by atoms with Gasteiger partial charge in [0.2, 0.25) is 5.95 Å². The van der Waals surface area contributed by atoms with Crippen LogP contribution in [0.4, 0.5) is 11.1 Å². The minimum atomic E-state index is 0.168. The third kappa shape index (κ3) is 5.43. The van der Waals surface area contributed by atoms with Gasteiger partial charge in [-0.25, -0.2) is 19.9 Å². The molecule has 2 N–H and O–H groups in total. The second kappa shape index (κ2) is 10.1. The van der Waals surface area contributed by atoms with Gasteiger partial charge in [-0.15, -0.1) is 0 Å². The maximum Gasteiger partial charge on any atom is 0.317 e. The molecule has 1 aliphatic carbocycles. The predicted molar refractivity (Wildman–Crippen MR) is 133 cm³/mol. The summed E-state index contributed by atoms with van der Waals surface area (Å²) in [7, 11) is 0. The Kier molecular flexibility index (Phi) is 6.55. The maximum absolute atomic E-state index is 6.13. The Balaban J connectivity index is 1.05.